The summed E-state index contributed by atoms with van der Waals surface area (Å²) in [7, 11) is 0. The summed E-state index contributed by atoms with van der Waals surface area (Å²) in [5.74, 6) is 0.806. The second-order valence-corrected chi connectivity index (χ2v) is 3.62. The van der Waals surface area contributed by atoms with Crippen molar-refractivity contribution in [3.63, 3.8) is 0 Å². The maximum absolute atomic E-state index is 5.59. The molecule has 2 nitrogen and oxygen atoms in total. The van der Waals surface area contributed by atoms with Gasteiger partial charge >= 0.3 is 0 Å². The van der Waals surface area contributed by atoms with Gasteiger partial charge in [0.25, 0.3) is 0 Å². The fourth-order valence-electron chi connectivity index (χ4n) is 1.83. The first kappa shape index (κ1) is 6.62. The summed E-state index contributed by atoms with van der Waals surface area (Å²) in [6.45, 7) is 3.48. The zero-order valence-corrected chi connectivity index (χ0v) is 6.42. The van der Waals surface area contributed by atoms with Gasteiger partial charge in [-0.2, -0.15) is 0 Å². The third-order valence-electron chi connectivity index (χ3n) is 2.71. The molecule has 0 unspecified atom stereocenters. The van der Waals surface area contributed by atoms with E-state index in [-0.39, 0.29) is 0 Å². The molecule has 1 saturated carbocycles. The Morgan fingerprint density at radius 1 is 1.30 bits per heavy atom. The van der Waals surface area contributed by atoms with Crippen LogP contribution in [0.5, 0.6) is 0 Å². The molecule has 1 aliphatic carbocycles. The first-order valence-corrected chi connectivity index (χ1v) is 4.34. The summed E-state index contributed by atoms with van der Waals surface area (Å²) >= 11 is 0. The third-order valence-corrected chi connectivity index (χ3v) is 2.71. The van der Waals surface area contributed by atoms with Crippen molar-refractivity contribution in [2.24, 2.45) is 11.7 Å². The molecule has 1 atom stereocenters. The maximum Gasteiger partial charge on any atom is 0.00965 e. The Bertz CT molecular complexity index is 120. The Morgan fingerprint density at radius 2 is 2.10 bits per heavy atom. The fourth-order valence-corrected chi connectivity index (χ4v) is 1.83. The second-order valence-electron chi connectivity index (χ2n) is 3.62. The average Bonchev–Trinajstić information content (AvgIpc) is 2.70. The van der Waals surface area contributed by atoms with E-state index in [2.05, 4.69) is 4.90 Å². The molecular weight excluding hydrogens is 124 g/mol. The quantitative estimate of drug-likeness (QED) is 0.602. The van der Waals surface area contributed by atoms with Crippen molar-refractivity contribution in [3.8, 4) is 0 Å². The van der Waals surface area contributed by atoms with E-state index in [0.29, 0.717) is 0 Å². The number of hydrogen-bond donors (Lipinski definition) is 1. The van der Waals surface area contributed by atoms with E-state index in [1.807, 2.05) is 0 Å². The second kappa shape index (κ2) is 2.51. The molecule has 1 aliphatic heterocycles. The number of hydrogen-bond acceptors (Lipinski definition) is 2. The summed E-state index contributed by atoms with van der Waals surface area (Å²) < 4.78 is 0. The largest absolute Gasteiger partial charge is 0.330 e. The zero-order valence-electron chi connectivity index (χ0n) is 6.42. The molecule has 0 radical (unpaired) electrons. The van der Waals surface area contributed by atoms with Gasteiger partial charge in [-0.15, -0.1) is 0 Å². The summed E-state index contributed by atoms with van der Waals surface area (Å²) in [4.78, 5) is 2.61. The Balaban J connectivity index is 1.81. The van der Waals surface area contributed by atoms with Crippen LogP contribution in [0.1, 0.15) is 19.3 Å². The molecule has 0 bridgehead atoms. The lowest BCUT2D eigenvalue weighted by Gasteiger charge is -2.13. The van der Waals surface area contributed by atoms with Crippen LogP contribution in [0.3, 0.4) is 0 Å². The van der Waals surface area contributed by atoms with Crippen LogP contribution in [0.2, 0.25) is 0 Å². The SMILES string of the molecule is NC[C@H]1CCN(C2CC2)C1. The molecule has 0 amide bonds. The van der Waals surface area contributed by atoms with Crippen molar-refractivity contribution in [3.05, 3.63) is 0 Å². The molecule has 1 heterocycles. The van der Waals surface area contributed by atoms with Crippen LogP contribution in [0.4, 0.5) is 0 Å². The summed E-state index contributed by atoms with van der Waals surface area (Å²) in [6, 6.07) is 0.955. The van der Waals surface area contributed by atoms with Crippen LogP contribution in [0.15, 0.2) is 0 Å². The first-order valence-electron chi connectivity index (χ1n) is 4.34. The number of nitrogens with two attached hydrogens (primary N) is 1. The molecular formula is C8H16N2. The van der Waals surface area contributed by atoms with E-state index in [4.69, 9.17) is 5.73 Å². The Morgan fingerprint density at radius 3 is 2.60 bits per heavy atom. The van der Waals surface area contributed by atoms with Crippen molar-refractivity contribution in [2.75, 3.05) is 19.6 Å². The van der Waals surface area contributed by atoms with Crippen LogP contribution in [-0.4, -0.2) is 30.6 Å². The van der Waals surface area contributed by atoms with Gasteiger partial charge in [-0.3, -0.25) is 0 Å². The van der Waals surface area contributed by atoms with E-state index in [9.17, 15) is 0 Å². The lowest BCUT2D eigenvalue weighted by atomic mass is 10.1. The van der Waals surface area contributed by atoms with Gasteiger partial charge in [-0.1, -0.05) is 0 Å². The van der Waals surface area contributed by atoms with E-state index < -0.39 is 0 Å². The van der Waals surface area contributed by atoms with Crippen LogP contribution in [-0.2, 0) is 0 Å². The molecule has 10 heavy (non-hydrogen) atoms. The van der Waals surface area contributed by atoms with Crippen molar-refractivity contribution >= 4 is 0 Å². The lowest BCUT2D eigenvalue weighted by molar-refractivity contribution is 0.315. The molecule has 0 aromatic heterocycles. The van der Waals surface area contributed by atoms with Crippen molar-refractivity contribution in [2.45, 2.75) is 25.3 Å². The van der Waals surface area contributed by atoms with Crippen molar-refractivity contribution in [1.82, 2.24) is 4.90 Å². The van der Waals surface area contributed by atoms with E-state index in [1.165, 1.54) is 32.4 Å². The molecule has 0 aromatic carbocycles. The molecule has 2 fully saturated rings. The van der Waals surface area contributed by atoms with Crippen molar-refractivity contribution in [1.29, 1.82) is 0 Å². The van der Waals surface area contributed by atoms with E-state index in [0.717, 1.165) is 18.5 Å². The highest BCUT2D eigenvalue weighted by molar-refractivity contribution is 4.89. The molecule has 2 rings (SSSR count). The lowest BCUT2D eigenvalue weighted by Crippen LogP contribution is -2.24. The predicted molar refractivity (Wildman–Crippen MR) is 41.8 cm³/mol. The number of likely N-dealkylation sites (tertiary alicyclic amines) is 1. The van der Waals surface area contributed by atoms with Crippen LogP contribution in [0, 0.1) is 5.92 Å². The number of nitrogens with zero attached hydrogens (tertiary/aromatic N) is 1. The minimum absolute atomic E-state index is 0.806. The highest BCUT2D eigenvalue weighted by atomic mass is 15.2. The first-order chi connectivity index (χ1) is 4.90. The molecule has 0 spiro atoms. The topological polar surface area (TPSA) is 29.3 Å². The van der Waals surface area contributed by atoms with Gasteiger partial charge in [0.2, 0.25) is 0 Å². The predicted octanol–water partition coefficient (Wildman–Crippen LogP) is 0.429. The van der Waals surface area contributed by atoms with Crippen molar-refractivity contribution < 1.29 is 0 Å². The van der Waals surface area contributed by atoms with Gasteiger partial charge in [0.15, 0.2) is 0 Å². The van der Waals surface area contributed by atoms with Crippen LogP contribution in [0.25, 0.3) is 0 Å². The highest BCUT2D eigenvalue weighted by Gasteiger charge is 2.33. The summed E-state index contributed by atoms with van der Waals surface area (Å²) in [5.41, 5.74) is 5.59. The smallest absolute Gasteiger partial charge is 0.00965 e. The Hall–Kier alpha value is -0.0800. The molecule has 2 aliphatic rings. The number of rotatable bonds is 2. The van der Waals surface area contributed by atoms with Crippen LogP contribution >= 0.6 is 0 Å². The van der Waals surface area contributed by atoms with Gasteiger partial charge in [-0.25, -0.2) is 0 Å². The fraction of sp³-hybridized carbons (Fsp3) is 1.00. The maximum atomic E-state index is 5.59. The van der Waals surface area contributed by atoms with Gasteiger partial charge in [0.1, 0.15) is 0 Å². The van der Waals surface area contributed by atoms with Gasteiger partial charge in [0, 0.05) is 12.6 Å². The third kappa shape index (κ3) is 1.18. The zero-order chi connectivity index (χ0) is 6.97. The molecule has 0 aromatic rings. The van der Waals surface area contributed by atoms with E-state index >= 15 is 0 Å². The minimum Gasteiger partial charge on any atom is -0.330 e. The molecule has 58 valence electrons. The molecule has 2 N–H and O–H groups in total. The molecule has 1 saturated heterocycles. The monoisotopic (exact) mass is 140 g/mol. The standard InChI is InChI=1S/C8H16N2/c9-5-7-3-4-10(6-7)8-1-2-8/h7-8H,1-6,9H2/t7-/m1/s1. The van der Waals surface area contributed by atoms with Gasteiger partial charge in [-0.05, 0) is 38.3 Å². The highest BCUT2D eigenvalue weighted by Crippen LogP contribution is 2.31. The summed E-state index contributed by atoms with van der Waals surface area (Å²) in [6.07, 6.45) is 4.22. The average molecular weight is 140 g/mol. The Kier molecular flexibility index (Phi) is 1.66. The summed E-state index contributed by atoms with van der Waals surface area (Å²) in [5, 5.41) is 0. The Labute approximate surface area is 62.4 Å². The van der Waals surface area contributed by atoms with Gasteiger partial charge < -0.3 is 10.6 Å². The molecule has 2 heteroatoms. The minimum atomic E-state index is 0.806. The van der Waals surface area contributed by atoms with Gasteiger partial charge in [0.05, 0.1) is 0 Å². The normalized spacial score (nSPS) is 35.1. The van der Waals surface area contributed by atoms with E-state index in [1.54, 1.807) is 0 Å². The van der Waals surface area contributed by atoms with Crippen LogP contribution < -0.4 is 5.73 Å².